The van der Waals surface area contributed by atoms with Crippen LogP contribution in [-0.4, -0.2) is 20.1 Å². The van der Waals surface area contributed by atoms with Crippen molar-refractivity contribution in [3.05, 3.63) is 53.1 Å². The summed E-state index contributed by atoms with van der Waals surface area (Å²) in [6.45, 7) is 2.41. The van der Waals surface area contributed by atoms with Gasteiger partial charge < -0.3 is 9.30 Å². The number of halogens is 1. The number of thiazole rings is 1. The molecular formula is C16H15FN2O3S2. The topological polar surface area (TPSA) is 60.7 Å². The Labute approximate surface area is 142 Å². The Morgan fingerprint density at radius 3 is 2.54 bits per heavy atom. The minimum Gasteiger partial charge on any atom is -0.497 e. The summed E-state index contributed by atoms with van der Waals surface area (Å²) in [5.74, 6) is 0.200. The van der Waals surface area contributed by atoms with E-state index in [2.05, 4.69) is 4.40 Å². The van der Waals surface area contributed by atoms with Gasteiger partial charge in [-0.25, -0.2) is 4.39 Å². The highest BCUT2D eigenvalue weighted by Crippen LogP contribution is 2.20. The second-order valence-corrected chi connectivity index (χ2v) is 7.60. The normalized spacial score (nSPS) is 12.7. The van der Waals surface area contributed by atoms with Crippen LogP contribution in [0.5, 0.6) is 5.75 Å². The summed E-state index contributed by atoms with van der Waals surface area (Å²) < 4.78 is 49.8. The van der Waals surface area contributed by atoms with E-state index in [9.17, 15) is 12.8 Å². The Balaban J connectivity index is 2.17. The van der Waals surface area contributed by atoms with Gasteiger partial charge in [0.2, 0.25) is 4.80 Å². The quantitative estimate of drug-likeness (QED) is 0.713. The summed E-state index contributed by atoms with van der Waals surface area (Å²) in [4.78, 5) is 0.392. The average molecular weight is 366 g/mol. The van der Waals surface area contributed by atoms with Crippen molar-refractivity contribution in [1.82, 2.24) is 4.57 Å². The number of rotatable bonds is 4. The summed E-state index contributed by atoms with van der Waals surface area (Å²) in [5.41, 5.74) is 0.757. The number of sulfonamides is 1. The summed E-state index contributed by atoms with van der Waals surface area (Å²) in [5, 5.41) is 0. The third kappa shape index (κ3) is 3.07. The van der Waals surface area contributed by atoms with Gasteiger partial charge in [-0.2, -0.15) is 8.42 Å². The molecule has 24 heavy (non-hydrogen) atoms. The number of hydrogen-bond acceptors (Lipinski definition) is 4. The first-order chi connectivity index (χ1) is 11.4. The highest BCUT2D eigenvalue weighted by atomic mass is 32.2. The Bertz CT molecular complexity index is 1050. The van der Waals surface area contributed by atoms with E-state index in [1.165, 1.54) is 31.4 Å². The second kappa shape index (κ2) is 6.37. The van der Waals surface area contributed by atoms with Crippen LogP contribution >= 0.6 is 11.3 Å². The molecule has 0 aliphatic heterocycles. The molecule has 0 atom stereocenters. The van der Waals surface area contributed by atoms with E-state index >= 15 is 0 Å². The fourth-order valence-corrected chi connectivity index (χ4v) is 4.65. The molecule has 0 bridgehead atoms. The zero-order valence-electron chi connectivity index (χ0n) is 13.1. The molecule has 0 saturated heterocycles. The third-order valence-corrected chi connectivity index (χ3v) is 5.95. The number of aryl methyl sites for hydroxylation is 1. The van der Waals surface area contributed by atoms with E-state index < -0.39 is 10.0 Å². The standard InChI is InChI=1S/C16H15FN2O3S2/c1-3-19-14-9-4-11(17)10-15(14)23-16(19)18-24(20,21)13-7-5-12(22-2)6-8-13/h4-10H,3H2,1-2H3/b18-16-. The number of aromatic nitrogens is 1. The zero-order chi connectivity index (χ0) is 17.3. The first-order valence-corrected chi connectivity index (χ1v) is 9.44. The molecule has 2 aromatic carbocycles. The molecule has 126 valence electrons. The summed E-state index contributed by atoms with van der Waals surface area (Å²) >= 11 is 1.14. The number of benzene rings is 2. The SMILES string of the molecule is CCn1/c(=N/S(=O)(=O)c2ccc(OC)cc2)sc2cc(F)ccc21. The molecule has 0 fully saturated rings. The maximum absolute atomic E-state index is 13.4. The molecule has 1 heterocycles. The molecule has 0 amide bonds. The van der Waals surface area contributed by atoms with Gasteiger partial charge in [0.05, 0.1) is 22.2 Å². The Kier molecular flexibility index (Phi) is 4.42. The van der Waals surface area contributed by atoms with E-state index in [1.54, 1.807) is 22.8 Å². The second-order valence-electron chi connectivity index (χ2n) is 4.98. The minimum atomic E-state index is -3.86. The molecule has 1 aromatic heterocycles. The van der Waals surface area contributed by atoms with E-state index in [-0.39, 0.29) is 10.7 Å². The summed E-state index contributed by atoms with van der Waals surface area (Å²) in [6, 6.07) is 10.4. The lowest BCUT2D eigenvalue weighted by atomic mass is 10.3. The average Bonchev–Trinajstić information content (AvgIpc) is 2.90. The minimum absolute atomic E-state index is 0.0783. The van der Waals surface area contributed by atoms with Gasteiger partial charge >= 0.3 is 0 Å². The maximum atomic E-state index is 13.4. The fourth-order valence-electron chi connectivity index (χ4n) is 2.33. The fraction of sp³-hybridized carbons (Fsp3) is 0.188. The van der Waals surface area contributed by atoms with E-state index in [1.807, 2.05) is 6.92 Å². The van der Waals surface area contributed by atoms with Crippen molar-refractivity contribution in [2.45, 2.75) is 18.4 Å². The molecular weight excluding hydrogens is 351 g/mol. The highest BCUT2D eigenvalue weighted by molar-refractivity contribution is 7.90. The number of fused-ring (bicyclic) bond motifs is 1. The van der Waals surface area contributed by atoms with Crippen molar-refractivity contribution in [3.63, 3.8) is 0 Å². The predicted molar refractivity (Wildman–Crippen MR) is 91.2 cm³/mol. The monoisotopic (exact) mass is 366 g/mol. The largest absolute Gasteiger partial charge is 0.497 e. The lowest BCUT2D eigenvalue weighted by Gasteiger charge is -2.02. The molecule has 0 unspecified atom stereocenters. The lowest BCUT2D eigenvalue weighted by Crippen LogP contribution is -2.16. The molecule has 0 spiro atoms. The highest BCUT2D eigenvalue weighted by Gasteiger charge is 2.15. The smallest absolute Gasteiger partial charge is 0.285 e. The van der Waals surface area contributed by atoms with Crippen LogP contribution < -0.4 is 9.54 Å². The van der Waals surface area contributed by atoms with Crippen LogP contribution in [0.2, 0.25) is 0 Å². The van der Waals surface area contributed by atoms with E-state index in [4.69, 9.17) is 4.74 Å². The number of nitrogens with zero attached hydrogens (tertiary/aromatic N) is 2. The first kappa shape index (κ1) is 16.7. The van der Waals surface area contributed by atoms with Gasteiger partial charge in [0.25, 0.3) is 10.0 Å². The molecule has 0 N–H and O–H groups in total. The van der Waals surface area contributed by atoms with Gasteiger partial charge in [-0.3, -0.25) is 0 Å². The molecule has 0 radical (unpaired) electrons. The van der Waals surface area contributed by atoms with Crippen molar-refractivity contribution < 1.29 is 17.5 Å². The van der Waals surface area contributed by atoms with Crippen molar-refractivity contribution in [3.8, 4) is 5.75 Å². The molecule has 0 saturated carbocycles. The van der Waals surface area contributed by atoms with Gasteiger partial charge in [-0.1, -0.05) is 11.3 Å². The van der Waals surface area contributed by atoms with Gasteiger partial charge in [-0.05, 0) is 49.4 Å². The van der Waals surface area contributed by atoms with Crippen molar-refractivity contribution in [2.75, 3.05) is 7.11 Å². The Morgan fingerprint density at radius 2 is 1.92 bits per heavy atom. The van der Waals surface area contributed by atoms with Crippen LogP contribution in [0.1, 0.15) is 6.92 Å². The van der Waals surface area contributed by atoms with E-state index in [0.717, 1.165) is 16.9 Å². The Hall–Kier alpha value is -2.19. The van der Waals surface area contributed by atoms with Gasteiger partial charge in [-0.15, -0.1) is 4.40 Å². The van der Waals surface area contributed by atoms with Crippen LogP contribution in [0.4, 0.5) is 4.39 Å². The van der Waals surface area contributed by atoms with Crippen molar-refractivity contribution >= 4 is 31.6 Å². The zero-order valence-corrected chi connectivity index (χ0v) is 14.7. The van der Waals surface area contributed by atoms with Crippen LogP contribution in [0, 0.1) is 5.82 Å². The van der Waals surface area contributed by atoms with E-state index in [0.29, 0.717) is 21.8 Å². The molecule has 0 aliphatic carbocycles. The van der Waals surface area contributed by atoms with Gasteiger partial charge in [0, 0.05) is 6.54 Å². The molecule has 3 rings (SSSR count). The third-order valence-electron chi connectivity index (χ3n) is 3.52. The van der Waals surface area contributed by atoms with Crippen LogP contribution in [0.15, 0.2) is 51.8 Å². The summed E-state index contributed by atoms with van der Waals surface area (Å²) in [7, 11) is -2.36. The molecule has 0 aliphatic rings. The lowest BCUT2D eigenvalue weighted by molar-refractivity contribution is 0.414. The number of methoxy groups -OCH3 is 1. The van der Waals surface area contributed by atoms with Crippen LogP contribution in [-0.2, 0) is 16.6 Å². The van der Waals surface area contributed by atoms with Gasteiger partial charge in [0.15, 0.2) is 0 Å². The summed E-state index contributed by atoms with van der Waals surface area (Å²) in [6.07, 6.45) is 0. The van der Waals surface area contributed by atoms with Gasteiger partial charge in [0.1, 0.15) is 11.6 Å². The van der Waals surface area contributed by atoms with Crippen molar-refractivity contribution in [2.24, 2.45) is 4.40 Å². The van der Waals surface area contributed by atoms with Crippen LogP contribution in [0.25, 0.3) is 10.2 Å². The molecule has 3 aromatic rings. The van der Waals surface area contributed by atoms with Crippen molar-refractivity contribution in [1.29, 1.82) is 0 Å². The molecule has 8 heteroatoms. The maximum Gasteiger partial charge on any atom is 0.285 e. The van der Waals surface area contributed by atoms with Crippen LogP contribution in [0.3, 0.4) is 0 Å². The Morgan fingerprint density at radius 1 is 1.21 bits per heavy atom. The molecule has 5 nitrogen and oxygen atoms in total. The number of hydrogen-bond donors (Lipinski definition) is 0. The number of ether oxygens (including phenoxy) is 1. The first-order valence-electron chi connectivity index (χ1n) is 7.18. The predicted octanol–water partition coefficient (Wildman–Crippen LogP) is 3.16.